The SMILES string of the molecule is CCOc1ccc(NC(=O)Nc2ccc(Cn3cnc(-c4nc(-c5ccc(F)cc5)no4)c3)cc2)cc1. The van der Waals surface area contributed by atoms with Crippen LogP contribution in [-0.2, 0) is 6.54 Å². The van der Waals surface area contributed by atoms with Crippen LogP contribution in [0.15, 0.2) is 89.8 Å². The van der Waals surface area contributed by atoms with Crippen LogP contribution in [0.5, 0.6) is 5.75 Å². The van der Waals surface area contributed by atoms with E-state index in [-0.39, 0.29) is 17.7 Å². The van der Waals surface area contributed by atoms with Crippen molar-refractivity contribution >= 4 is 17.4 Å². The summed E-state index contributed by atoms with van der Waals surface area (Å²) in [6, 6.07) is 20.2. The van der Waals surface area contributed by atoms with E-state index in [4.69, 9.17) is 9.26 Å². The number of nitrogens with one attached hydrogen (secondary N) is 2. The van der Waals surface area contributed by atoms with Gasteiger partial charge in [-0.3, -0.25) is 0 Å². The highest BCUT2D eigenvalue weighted by atomic mass is 19.1. The molecule has 0 unspecified atom stereocenters. The molecule has 2 N–H and O–H groups in total. The van der Waals surface area contributed by atoms with Crippen LogP contribution in [-0.4, -0.2) is 32.3 Å². The lowest BCUT2D eigenvalue weighted by molar-refractivity contribution is 0.262. The van der Waals surface area contributed by atoms with Crippen LogP contribution in [0.25, 0.3) is 23.0 Å². The first-order valence-corrected chi connectivity index (χ1v) is 11.6. The molecule has 5 aromatic rings. The molecule has 37 heavy (non-hydrogen) atoms. The fraction of sp³-hybridized carbons (Fsp3) is 0.111. The van der Waals surface area contributed by atoms with Gasteiger partial charge in [0.2, 0.25) is 5.82 Å². The second-order valence-corrected chi connectivity index (χ2v) is 8.09. The minimum absolute atomic E-state index is 0.274. The molecule has 0 aliphatic rings. The fourth-order valence-electron chi connectivity index (χ4n) is 3.60. The molecule has 0 saturated heterocycles. The number of nitrogens with zero attached hydrogens (tertiary/aromatic N) is 4. The maximum atomic E-state index is 13.1. The molecule has 9 nitrogen and oxygen atoms in total. The Morgan fingerprint density at radius 3 is 2.32 bits per heavy atom. The maximum absolute atomic E-state index is 13.1. The molecule has 0 spiro atoms. The Kier molecular flexibility index (Phi) is 6.89. The highest BCUT2D eigenvalue weighted by Gasteiger charge is 2.13. The first kappa shape index (κ1) is 23.7. The summed E-state index contributed by atoms with van der Waals surface area (Å²) in [7, 11) is 0. The van der Waals surface area contributed by atoms with Crippen LogP contribution in [0.1, 0.15) is 12.5 Å². The maximum Gasteiger partial charge on any atom is 0.323 e. The highest BCUT2D eigenvalue weighted by molar-refractivity contribution is 5.99. The van der Waals surface area contributed by atoms with Crippen LogP contribution in [0.2, 0.25) is 0 Å². The van der Waals surface area contributed by atoms with E-state index in [1.165, 1.54) is 12.1 Å². The number of rotatable bonds is 8. The van der Waals surface area contributed by atoms with E-state index in [0.717, 1.165) is 11.3 Å². The summed E-state index contributed by atoms with van der Waals surface area (Å²) < 4.78 is 25.8. The number of benzene rings is 3. The van der Waals surface area contributed by atoms with Crippen molar-refractivity contribution in [2.45, 2.75) is 13.5 Å². The van der Waals surface area contributed by atoms with E-state index in [1.54, 1.807) is 48.9 Å². The number of hydrogen-bond donors (Lipinski definition) is 2. The van der Waals surface area contributed by atoms with E-state index in [1.807, 2.05) is 35.8 Å². The number of aromatic nitrogens is 4. The summed E-state index contributed by atoms with van der Waals surface area (Å²) in [5, 5.41) is 9.56. The number of halogens is 1. The van der Waals surface area contributed by atoms with Gasteiger partial charge in [-0.2, -0.15) is 4.98 Å². The molecular formula is C27H23FN6O3. The van der Waals surface area contributed by atoms with Gasteiger partial charge in [-0.1, -0.05) is 17.3 Å². The number of imidazole rings is 1. The summed E-state index contributed by atoms with van der Waals surface area (Å²) in [5.41, 5.74) is 3.53. The molecule has 2 heterocycles. The average molecular weight is 499 g/mol. The van der Waals surface area contributed by atoms with Gasteiger partial charge in [0.25, 0.3) is 5.89 Å². The van der Waals surface area contributed by atoms with Crippen molar-refractivity contribution in [2.75, 3.05) is 17.2 Å². The summed E-state index contributed by atoms with van der Waals surface area (Å²) >= 11 is 0. The lowest BCUT2D eigenvalue weighted by atomic mass is 10.2. The Morgan fingerprint density at radius 1 is 0.973 bits per heavy atom. The molecule has 0 bridgehead atoms. The van der Waals surface area contributed by atoms with Crippen LogP contribution in [0.4, 0.5) is 20.6 Å². The molecule has 0 aliphatic carbocycles. The average Bonchev–Trinajstić information content (AvgIpc) is 3.57. The normalized spacial score (nSPS) is 10.8. The first-order chi connectivity index (χ1) is 18.1. The van der Waals surface area contributed by atoms with E-state index < -0.39 is 0 Å². The van der Waals surface area contributed by atoms with Crippen molar-refractivity contribution in [2.24, 2.45) is 0 Å². The summed E-state index contributed by atoms with van der Waals surface area (Å²) in [5.74, 6) is 1.05. The van der Waals surface area contributed by atoms with Gasteiger partial charge < -0.3 is 24.5 Å². The fourth-order valence-corrected chi connectivity index (χ4v) is 3.60. The molecule has 10 heteroatoms. The zero-order valence-electron chi connectivity index (χ0n) is 19.9. The molecule has 2 aromatic heterocycles. The van der Waals surface area contributed by atoms with Crippen LogP contribution >= 0.6 is 0 Å². The van der Waals surface area contributed by atoms with Gasteiger partial charge in [-0.15, -0.1) is 0 Å². The van der Waals surface area contributed by atoms with E-state index in [2.05, 4.69) is 25.8 Å². The number of anilines is 2. The van der Waals surface area contributed by atoms with E-state index >= 15 is 0 Å². The molecule has 186 valence electrons. The predicted molar refractivity (Wildman–Crippen MR) is 137 cm³/mol. The second-order valence-electron chi connectivity index (χ2n) is 8.09. The van der Waals surface area contributed by atoms with Gasteiger partial charge in [-0.05, 0) is 73.2 Å². The Bertz CT molecular complexity index is 1480. The Balaban J connectivity index is 1.16. The predicted octanol–water partition coefficient (Wildman–Crippen LogP) is 5.83. The zero-order valence-corrected chi connectivity index (χ0v) is 19.9. The number of urea groups is 1. The molecule has 5 rings (SSSR count). The number of carbonyl (C=O) groups excluding carboxylic acids is 1. The van der Waals surface area contributed by atoms with Crippen LogP contribution in [0.3, 0.4) is 0 Å². The third-order valence-corrected chi connectivity index (χ3v) is 5.38. The van der Waals surface area contributed by atoms with Gasteiger partial charge in [0.05, 0.1) is 12.9 Å². The van der Waals surface area contributed by atoms with Gasteiger partial charge in [0.1, 0.15) is 17.3 Å². The molecular weight excluding hydrogens is 475 g/mol. The van der Waals surface area contributed by atoms with Gasteiger partial charge >= 0.3 is 6.03 Å². The lowest BCUT2D eigenvalue weighted by Crippen LogP contribution is -2.19. The van der Waals surface area contributed by atoms with Crippen LogP contribution in [0, 0.1) is 5.82 Å². The number of carbonyl (C=O) groups is 1. The molecule has 0 atom stereocenters. The van der Waals surface area contributed by atoms with Gasteiger partial charge in [0.15, 0.2) is 0 Å². The highest BCUT2D eigenvalue weighted by Crippen LogP contribution is 2.22. The van der Waals surface area contributed by atoms with Crippen LogP contribution < -0.4 is 15.4 Å². The second kappa shape index (κ2) is 10.7. The van der Waals surface area contributed by atoms with E-state index in [0.29, 0.717) is 41.6 Å². The van der Waals surface area contributed by atoms with Crippen molar-refractivity contribution in [1.82, 2.24) is 19.7 Å². The third-order valence-electron chi connectivity index (χ3n) is 5.38. The standard InChI is InChI=1S/C27H23FN6O3/c1-2-36-23-13-11-22(12-14-23)31-27(35)30-21-9-3-18(4-10-21)15-34-16-24(29-17-34)26-32-25(33-37-26)19-5-7-20(28)8-6-19/h3-14,16-17H,2,15H2,1H3,(H2,30,31,35). The summed E-state index contributed by atoms with van der Waals surface area (Å²) in [6.45, 7) is 3.06. The molecule has 2 amide bonds. The smallest absolute Gasteiger partial charge is 0.323 e. The minimum atomic E-state index is -0.337. The Labute approximate surface area is 211 Å². The molecule has 0 radical (unpaired) electrons. The summed E-state index contributed by atoms with van der Waals surface area (Å²) in [4.78, 5) is 21.0. The Morgan fingerprint density at radius 2 is 1.65 bits per heavy atom. The molecule has 0 saturated carbocycles. The topological polar surface area (TPSA) is 107 Å². The van der Waals surface area contributed by atoms with Gasteiger partial charge in [0, 0.05) is 29.7 Å². The number of amides is 2. The summed E-state index contributed by atoms with van der Waals surface area (Å²) in [6.07, 6.45) is 3.48. The minimum Gasteiger partial charge on any atom is -0.494 e. The first-order valence-electron chi connectivity index (χ1n) is 11.6. The van der Waals surface area contributed by atoms with Crippen molar-refractivity contribution in [1.29, 1.82) is 0 Å². The van der Waals surface area contributed by atoms with E-state index in [9.17, 15) is 9.18 Å². The zero-order chi connectivity index (χ0) is 25.6. The van der Waals surface area contributed by atoms with Crippen molar-refractivity contribution in [3.05, 3.63) is 96.7 Å². The Hall–Kier alpha value is -4.99. The molecule has 3 aromatic carbocycles. The van der Waals surface area contributed by atoms with Crippen molar-refractivity contribution < 1.29 is 18.4 Å². The van der Waals surface area contributed by atoms with Gasteiger partial charge in [-0.25, -0.2) is 14.2 Å². The van der Waals surface area contributed by atoms with Crippen molar-refractivity contribution in [3.63, 3.8) is 0 Å². The van der Waals surface area contributed by atoms with Crippen molar-refractivity contribution in [3.8, 4) is 28.7 Å². The third kappa shape index (κ3) is 5.99. The molecule has 0 aliphatic heterocycles. The monoisotopic (exact) mass is 498 g/mol. The largest absolute Gasteiger partial charge is 0.494 e. The number of hydrogen-bond acceptors (Lipinski definition) is 6. The quantitative estimate of drug-likeness (QED) is 0.279. The number of ether oxygens (including phenoxy) is 1. The molecule has 0 fully saturated rings. The lowest BCUT2D eigenvalue weighted by Gasteiger charge is -2.09.